The molecule has 2 unspecified atom stereocenters. The molecule has 2 heterocycles. The number of carbonyl (C=O) groups is 1. The Balaban J connectivity index is 2.37. The Morgan fingerprint density at radius 3 is 2.81 bits per heavy atom. The lowest BCUT2D eigenvalue weighted by atomic mass is 10.2. The number of carboxylic acids is 1. The van der Waals surface area contributed by atoms with E-state index in [1.54, 1.807) is 14.1 Å². The average Bonchev–Trinajstić information content (AvgIpc) is 2.95. The minimum absolute atomic E-state index is 0.0566. The van der Waals surface area contributed by atoms with Crippen molar-refractivity contribution < 1.29 is 23.4 Å². The predicted octanol–water partition coefficient (Wildman–Crippen LogP) is -1.21. The number of nitrogens with one attached hydrogen (secondary N) is 1. The summed E-state index contributed by atoms with van der Waals surface area (Å²) in [6.45, 7) is 0.381. The summed E-state index contributed by atoms with van der Waals surface area (Å²) in [5.41, 5.74) is -0.403. The zero-order chi connectivity index (χ0) is 15.8. The molecule has 0 radical (unpaired) electrons. The fourth-order valence-corrected chi connectivity index (χ4v) is 4.22. The van der Waals surface area contributed by atoms with Gasteiger partial charge in [0.1, 0.15) is 5.56 Å². The van der Waals surface area contributed by atoms with Crippen molar-refractivity contribution in [2.24, 2.45) is 0 Å². The van der Waals surface area contributed by atoms with E-state index >= 15 is 0 Å². The van der Waals surface area contributed by atoms with Gasteiger partial charge < -0.3 is 15.1 Å². The van der Waals surface area contributed by atoms with Gasteiger partial charge in [-0.1, -0.05) is 0 Å². The van der Waals surface area contributed by atoms with Gasteiger partial charge in [0.05, 0.1) is 12.3 Å². The minimum atomic E-state index is -4.05. The lowest BCUT2D eigenvalue weighted by molar-refractivity contribution is 0.0692. The number of likely N-dealkylation sites (N-methyl/N-ethyl adjacent to an activating group) is 1. The zero-order valence-electron chi connectivity index (χ0n) is 11.7. The summed E-state index contributed by atoms with van der Waals surface area (Å²) in [5.74, 6) is -1.37. The Morgan fingerprint density at radius 1 is 1.57 bits per heavy atom. The summed E-state index contributed by atoms with van der Waals surface area (Å²) in [6, 6.07) is -0.412. The Morgan fingerprint density at radius 2 is 2.24 bits per heavy atom. The van der Waals surface area contributed by atoms with Crippen LogP contribution in [0.2, 0.25) is 0 Å². The minimum Gasteiger partial charge on any atom is -0.478 e. The molecule has 0 spiro atoms. The summed E-state index contributed by atoms with van der Waals surface area (Å²) in [6.07, 6.45) is 0.511. The van der Waals surface area contributed by atoms with E-state index < -0.39 is 38.7 Å². The summed E-state index contributed by atoms with van der Waals surface area (Å²) < 4.78 is 26.4. The van der Waals surface area contributed by atoms with E-state index in [4.69, 9.17) is 5.11 Å². The molecule has 21 heavy (non-hydrogen) atoms. The fraction of sp³-hybridized carbons (Fsp3) is 0.636. The second kappa shape index (κ2) is 5.72. The van der Waals surface area contributed by atoms with Crippen LogP contribution in [0.4, 0.5) is 0 Å². The van der Waals surface area contributed by atoms with Gasteiger partial charge in [-0.05, 0) is 20.5 Å². The largest absolute Gasteiger partial charge is 0.478 e. The maximum absolute atomic E-state index is 12.6. The maximum Gasteiger partial charge on any atom is 0.340 e. The van der Waals surface area contributed by atoms with Gasteiger partial charge in [-0.25, -0.2) is 13.2 Å². The number of β-amino-alcohol motifs (C(OH)–C–C–N with tert-alkyl or cyclic N) is 1. The van der Waals surface area contributed by atoms with Gasteiger partial charge in [0.15, 0.2) is 5.03 Å². The quantitative estimate of drug-likeness (QED) is 0.622. The van der Waals surface area contributed by atoms with E-state index in [0.29, 0.717) is 13.0 Å². The molecular weight excluding hydrogens is 300 g/mol. The number of aliphatic hydroxyl groups excluding tert-OH is 1. The molecule has 1 fully saturated rings. The summed E-state index contributed by atoms with van der Waals surface area (Å²) >= 11 is 0. The molecule has 1 saturated heterocycles. The maximum atomic E-state index is 12.6. The number of hydrogen-bond donors (Lipinski definition) is 3. The number of H-pyrrole nitrogens is 1. The molecule has 9 nitrogen and oxygen atoms in total. The number of carboxylic acid groups (broad SMARTS) is 1. The van der Waals surface area contributed by atoms with Gasteiger partial charge in [-0.2, -0.15) is 9.40 Å². The highest BCUT2D eigenvalue weighted by Gasteiger charge is 2.42. The number of rotatable bonds is 5. The van der Waals surface area contributed by atoms with Gasteiger partial charge in [0.2, 0.25) is 0 Å². The van der Waals surface area contributed by atoms with Gasteiger partial charge in [-0.3, -0.25) is 5.10 Å². The standard InChI is InChI=1S/C11H18N4O5S/c1-14(2)5-7-3-8(16)6-15(7)21(19,20)10-9(11(17)18)4-12-13-10/h4,7-8,16H,3,5-6H2,1-2H3,(H,12,13)(H,17,18). The predicted molar refractivity (Wildman–Crippen MR) is 72.4 cm³/mol. The van der Waals surface area contributed by atoms with Gasteiger partial charge >= 0.3 is 5.97 Å². The molecule has 1 aromatic rings. The van der Waals surface area contributed by atoms with Crippen molar-refractivity contribution in [1.29, 1.82) is 0 Å². The number of hydrogen-bond acceptors (Lipinski definition) is 6. The number of aromatic amines is 1. The Hall–Kier alpha value is -1.49. The van der Waals surface area contributed by atoms with Crippen LogP contribution in [0.3, 0.4) is 0 Å². The summed E-state index contributed by atoms with van der Waals surface area (Å²) in [5, 5.41) is 24.1. The van der Waals surface area contributed by atoms with Crippen molar-refractivity contribution in [2.75, 3.05) is 27.2 Å². The molecule has 118 valence electrons. The molecule has 0 saturated carbocycles. The third-order valence-electron chi connectivity index (χ3n) is 3.32. The third-order valence-corrected chi connectivity index (χ3v) is 5.21. The average molecular weight is 318 g/mol. The second-order valence-corrected chi connectivity index (χ2v) is 7.13. The topological polar surface area (TPSA) is 127 Å². The van der Waals surface area contributed by atoms with E-state index in [-0.39, 0.29) is 6.54 Å². The molecule has 0 amide bonds. The normalized spacial score (nSPS) is 23.8. The number of sulfonamides is 1. The van der Waals surface area contributed by atoms with Crippen LogP contribution in [0.5, 0.6) is 0 Å². The van der Waals surface area contributed by atoms with Crippen molar-refractivity contribution >= 4 is 16.0 Å². The smallest absolute Gasteiger partial charge is 0.340 e. The van der Waals surface area contributed by atoms with E-state index in [2.05, 4.69) is 10.2 Å². The zero-order valence-corrected chi connectivity index (χ0v) is 12.5. The molecule has 10 heteroatoms. The van der Waals surface area contributed by atoms with E-state index in [1.165, 1.54) is 0 Å². The monoisotopic (exact) mass is 318 g/mol. The molecular formula is C11H18N4O5S. The number of aromatic nitrogens is 2. The Bertz CT molecular complexity index is 626. The lowest BCUT2D eigenvalue weighted by Gasteiger charge is -2.25. The Labute approximate surface area is 122 Å². The Kier molecular flexibility index (Phi) is 4.33. The van der Waals surface area contributed by atoms with Crippen LogP contribution in [0.1, 0.15) is 16.8 Å². The van der Waals surface area contributed by atoms with E-state index in [0.717, 1.165) is 10.5 Å². The third kappa shape index (κ3) is 3.07. The molecule has 1 aromatic heterocycles. The highest BCUT2D eigenvalue weighted by Crippen LogP contribution is 2.27. The molecule has 1 aliphatic heterocycles. The highest BCUT2D eigenvalue weighted by molar-refractivity contribution is 7.89. The first kappa shape index (κ1) is 15.9. The number of nitrogens with zero attached hydrogens (tertiary/aromatic N) is 3. The number of aliphatic hydroxyl groups is 1. The van der Waals surface area contributed by atoms with Crippen molar-refractivity contribution in [1.82, 2.24) is 19.4 Å². The first-order valence-corrected chi connectivity index (χ1v) is 7.78. The van der Waals surface area contributed by atoms with Crippen LogP contribution in [-0.2, 0) is 10.0 Å². The lowest BCUT2D eigenvalue weighted by Crippen LogP contribution is -2.41. The number of aromatic carboxylic acids is 1. The molecule has 0 aliphatic carbocycles. The molecule has 0 aromatic carbocycles. The fourth-order valence-electron chi connectivity index (χ4n) is 2.48. The molecule has 1 aliphatic rings. The van der Waals surface area contributed by atoms with Crippen LogP contribution in [0.15, 0.2) is 11.2 Å². The van der Waals surface area contributed by atoms with Crippen molar-refractivity contribution in [2.45, 2.75) is 23.6 Å². The van der Waals surface area contributed by atoms with Gasteiger partial charge in [-0.15, -0.1) is 0 Å². The van der Waals surface area contributed by atoms with Crippen LogP contribution in [-0.4, -0.2) is 83.3 Å². The molecule has 2 atom stereocenters. The van der Waals surface area contributed by atoms with Crippen LogP contribution in [0, 0.1) is 0 Å². The molecule has 3 N–H and O–H groups in total. The van der Waals surface area contributed by atoms with Crippen LogP contribution >= 0.6 is 0 Å². The SMILES string of the molecule is CN(C)CC1CC(O)CN1S(=O)(=O)c1[nH]ncc1C(=O)O. The second-order valence-electron chi connectivity index (χ2n) is 5.30. The first-order valence-electron chi connectivity index (χ1n) is 6.34. The van der Waals surface area contributed by atoms with E-state index in [1.807, 2.05) is 4.90 Å². The molecule has 0 bridgehead atoms. The van der Waals surface area contributed by atoms with Gasteiger partial charge in [0, 0.05) is 19.1 Å². The van der Waals surface area contributed by atoms with Crippen molar-refractivity contribution in [3.8, 4) is 0 Å². The van der Waals surface area contributed by atoms with E-state index in [9.17, 15) is 18.3 Å². The summed E-state index contributed by atoms with van der Waals surface area (Å²) in [7, 11) is -0.451. The van der Waals surface area contributed by atoms with Crippen LogP contribution < -0.4 is 0 Å². The highest BCUT2D eigenvalue weighted by atomic mass is 32.2. The van der Waals surface area contributed by atoms with Crippen molar-refractivity contribution in [3.05, 3.63) is 11.8 Å². The molecule has 2 rings (SSSR count). The summed E-state index contributed by atoms with van der Waals surface area (Å²) in [4.78, 5) is 12.9. The van der Waals surface area contributed by atoms with Crippen LogP contribution in [0.25, 0.3) is 0 Å². The van der Waals surface area contributed by atoms with Gasteiger partial charge in [0.25, 0.3) is 10.0 Å². The first-order chi connectivity index (χ1) is 9.73. The van der Waals surface area contributed by atoms with Crippen molar-refractivity contribution in [3.63, 3.8) is 0 Å².